The van der Waals surface area contributed by atoms with Crippen molar-refractivity contribution in [2.75, 3.05) is 4.90 Å². The quantitative estimate of drug-likeness (QED) is 0.181. The third-order valence-corrected chi connectivity index (χ3v) is 12.4. The third kappa shape index (κ3) is 4.23. The zero-order valence-corrected chi connectivity index (χ0v) is 29.2. The zero-order valence-electron chi connectivity index (χ0n) is 29.2. The molecule has 8 aromatic rings. The summed E-state index contributed by atoms with van der Waals surface area (Å²) in [5.41, 5.74) is 15.6. The summed E-state index contributed by atoms with van der Waals surface area (Å²) in [5, 5.41) is 5.13. The van der Waals surface area contributed by atoms with Crippen molar-refractivity contribution in [1.82, 2.24) is 0 Å². The molecule has 0 aromatic heterocycles. The first-order chi connectivity index (χ1) is 25.8. The summed E-state index contributed by atoms with van der Waals surface area (Å²) >= 11 is 0. The smallest absolute Gasteiger partial charge is 0.0725 e. The molecule has 11 rings (SSSR count). The summed E-state index contributed by atoms with van der Waals surface area (Å²) in [6, 6.07) is 64.2. The molecule has 0 unspecified atom stereocenters. The second-order valence-corrected chi connectivity index (χ2v) is 15.1. The van der Waals surface area contributed by atoms with Crippen molar-refractivity contribution in [3.8, 4) is 22.3 Å². The van der Waals surface area contributed by atoms with Gasteiger partial charge in [0.1, 0.15) is 0 Å². The topological polar surface area (TPSA) is 3.24 Å². The normalized spacial score (nSPS) is 15.4. The molecule has 248 valence electrons. The standard InChI is InChI=1S/C51H39N/c1-3-13-34(14-4-1)35-23-27-40(28-24-35)52(39-16-5-2-6-17-39)41-29-25-37-32-45-49(33-38(37)31-41)51(48-30-26-36-15-7-8-18-42(36)50(45)48)46-21-11-9-19-43(46)44-20-10-12-22-47(44)51/h2,5-12,15-34H,1,3-4,13-14H2. The van der Waals surface area contributed by atoms with Crippen LogP contribution in [-0.2, 0) is 5.41 Å². The van der Waals surface area contributed by atoms with Crippen LogP contribution in [0.5, 0.6) is 0 Å². The summed E-state index contributed by atoms with van der Waals surface area (Å²) in [5.74, 6) is 0.690. The minimum absolute atomic E-state index is 0.389. The van der Waals surface area contributed by atoms with Gasteiger partial charge in [0.05, 0.1) is 5.41 Å². The number of nitrogens with zero attached hydrogens (tertiary/aromatic N) is 1. The molecule has 0 saturated heterocycles. The lowest BCUT2D eigenvalue weighted by molar-refractivity contribution is 0.443. The molecule has 0 amide bonds. The monoisotopic (exact) mass is 665 g/mol. The Morgan fingerprint density at radius 2 is 1.04 bits per heavy atom. The lowest BCUT2D eigenvalue weighted by Crippen LogP contribution is -2.25. The molecule has 0 bridgehead atoms. The Kier molecular flexibility index (Phi) is 6.61. The molecule has 1 spiro atoms. The molecule has 1 heteroatoms. The van der Waals surface area contributed by atoms with Crippen molar-refractivity contribution < 1.29 is 0 Å². The fraction of sp³-hybridized carbons (Fsp3) is 0.137. The Balaban J connectivity index is 1.14. The maximum atomic E-state index is 2.52. The van der Waals surface area contributed by atoms with Crippen LogP contribution in [0.25, 0.3) is 43.8 Å². The number of benzene rings is 8. The van der Waals surface area contributed by atoms with Crippen molar-refractivity contribution in [3.05, 3.63) is 198 Å². The molecule has 8 aromatic carbocycles. The van der Waals surface area contributed by atoms with Crippen LogP contribution in [0, 0.1) is 0 Å². The largest absolute Gasteiger partial charge is 0.310 e. The molecular weight excluding hydrogens is 627 g/mol. The first-order valence-electron chi connectivity index (χ1n) is 19.0. The number of hydrogen-bond acceptors (Lipinski definition) is 1. The maximum Gasteiger partial charge on any atom is 0.0725 e. The SMILES string of the molecule is c1ccc(N(c2ccc(C3CCCCC3)cc2)c2ccc3cc4c(cc3c2)C2(c3ccccc3-c3ccccc32)c2ccc3ccccc3c2-4)cc1. The van der Waals surface area contributed by atoms with Crippen LogP contribution in [-0.4, -0.2) is 0 Å². The first-order valence-corrected chi connectivity index (χ1v) is 19.0. The van der Waals surface area contributed by atoms with Crippen LogP contribution >= 0.6 is 0 Å². The van der Waals surface area contributed by atoms with Gasteiger partial charge in [0.15, 0.2) is 0 Å². The van der Waals surface area contributed by atoms with E-state index in [4.69, 9.17) is 0 Å². The molecule has 1 nitrogen and oxygen atoms in total. The fourth-order valence-corrected chi connectivity index (χ4v) is 10.1. The van der Waals surface area contributed by atoms with Crippen molar-refractivity contribution in [2.45, 2.75) is 43.4 Å². The van der Waals surface area contributed by atoms with E-state index in [9.17, 15) is 0 Å². The van der Waals surface area contributed by atoms with Crippen molar-refractivity contribution in [3.63, 3.8) is 0 Å². The van der Waals surface area contributed by atoms with Crippen molar-refractivity contribution >= 4 is 38.6 Å². The van der Waals surface area contributed by atoms with E-state index in [1.807, 2.05) is 0 Å². The van der Waals surface area contributed by atoms with Gasteiger partial charge < -0.3 is 4.90 Å². The Morgan fingerprint density at radius 3 is 1.81 bits per heavy atom. The molecule has 0 N–H and O–H groups in total. The number of rotatable bonds is 4. The molecule has 0 heterocycles. The van der Waals surface area contributed by atoms with Gasteiger partial charge in [0.25, 0.3) is 0 Å². The van der Waals surface area contributed by atoms with E-state index in [2.05, 4.69) is 175 Å². The second kappa shape index (κ2) is 11.6. The summed E-state index contributed by atoms with van der Waals surface area (Å²) in [6.07, 6.45) is 6.70. The summed E-state index contributed by atoms with van der Waals surface area (Å²) in [7, 11) is 0. The summed E-state index contributed by atoms with van der Waals surface area (Å²) in [6.45, 7) is 0. The molecule has 0 atom stereocenters. The van der Waals surface area contributed by atoms with Crippen LogP contribution in [0.15, 0.2) is 170 Å². The minimum Gasteiger partial charge on any atom is -0.310 e. The third-order valence-electron chi connectivity index (χ3n) is 12.4. The number of para-hydroxylation sites is 1. The highest BCUT2D eigenvalue weighted by Gasteiger charge is 2.52. The summed E-state index contributed by atoms with van der Waals surface area (Å²) < 4.78 is 0. The molecule has 1 fully saturated rings. The van der Waals surface area contributed by atoms with Crippen LogP contribution in [0.1, 0.15) is 65.8 Å². The molecular formula is C51H39N. The number of anilines is 3. The second-order valence-electron chi connectivity index (χ2n) is 15.1. The van der Waals surface area contributed by atoms with Gasteiger partial charge in [-0.2, -0.15) is 0 Å². The van der Waals surface area contributed by atoms with Gasteiger partial charge >= 0.3 is 0 Å². The Hall–Kier alpha value is -5.92. The lowest BCUT2D eigenvalue weighted by atomic mass is 9.70. The van der Waals surface area contributed by atoms with E-state index < -0.39 is 0 Å². The highest BCUT2D eigenvalue weighted by molar-refractivity contribution is 6.09. The highest BCUT2D eigenvalue weighted by atomic mass is 15.1. The van der Waals surface area contributed by atoms with Crippen LogP contribution in [0.4, 0.5) is 17.1 Å². The zero-order chi connectivity index (χ0) is 34.2. The molecule has 3 aliphatic rings. The van der Waals surface area contributed by atoms with E-state index in [-0.39, 0.29) is 5.41 Å². The van der Waals surface area contributed by atoms with Gasteiger partial charge in [0, 0.05) is 17.1 Å². The van der Waals surface area contributed by atoms with Crippen molar-refractivity contribution in [1.29, 1.82) is 0 Å². The van der Waals surface area contributed by atoms with Crippen LogP contribution in [0.2, 0.25) is 0 Å². The Morgan fingerprint density at radius 1 is 0.404 bits per heavy atom. The van der Waals surface area contributed by atoms with Gasteiger partial charge in [-0.1, -0.05) is 141 Å². The van der Waals surface area contributed by atoms with Crippen molar-refractivity contribution in [2.24, 2.45) is 0 Å². The number of fused-ring (bicyclic) bond motifs is 13. The van der Waals surface area contributed by atoms with Crippen LogP contribution in [0.3, 0.4) is 0 Å². The Labute approximate surface area is 305 Å². The molecule has 1 saturated carbocycles. The van der Waals surface area contributed by atoms with E-state index in [1.165, 1.54) is 121 Å². The van der Waals surface area contributed by atoms with Gasteiger partial charge in [-0.25, -0.2) is 0 Å². The van der Waals surface area contributed by atoms with Gasteiger partial charge in [-0.15, -0.1) is 0 Å². The fourth-order valence-electron chi connectivity index (χ4n) is 10.1. The van der Waals surface area contributed by atoms with E-state index >= 15 is 0 Å². The average Bonchev–Trinajstić information content (AvgIpc) is 3.68. The lowest BCUT2D eigenvalue weighted by Gasteiger charge is -2.31. The van der Waals surface area contributed by atoms with E-state index in [1.54, 1.807) is 0 Å². The predicted molar refractivity (Wildman–Crippen MR) is 218 cm³/mol. The van der Waals surface area contributed by atoms with Gasteiger partial charge in [-0.05, 0) is 139 Å². The number of hydrogen-bond donors (Lipinski definition) is 0. The molecule has 52 heavy (non-hydrogen) atoms. The highest BCUT2D eigenvalue weighted by Crippen LogP contribution is 2.64. The Bertz CT molecular complexity index is 2620. The molecule has 0 radical (unpaired) electrons. The molecule has 3 aliphatic carbocycles. The minimum atomic E-state index is -0.389. The van der Waals surface area contributed by atoms with E-state index in [0.29, 0.717) is 5.92 Å². The first kappa shape index (κ1) is 29.8. The average molecular weight is 666 g/mol. The van der Waals surface area contributed by atoms with Gasteiger partial charge in [-0.3, -0.25) is 0 Å². The van der Waals surface area contributed by atoms with E-state index in [0.717, 1.165) is 0 Å². The summed E-state index contributed by atoms with van der Waals surface area (Å²) in [4.78, 5) is 2.43. The van der Waals surface area contributed by atoms with Crippen LogP contribution < -0.4 is 4.90 Å². The van der Waals surface area contributed by atoms with Gasteiger partial charge in [0.2, 0.25) is 0 Å². The molecule has 0 aliphatic heterocycles. The maximum absolute atomic E-state index is 2.52. The predicted octanol–water partition coefficient (Wildman–Crippen LogP) is 13.9.